The van der Waals surface area contributed by atoms with Crippen molar-refractivity contribution in [1.29, 1.82) is 0 Å². The fraction of sp³-hybridized carbons (Fsp3) is 0.312. The summed E-state index contributed by atoms with van der Waals surface area (Å²) in [6.45, 7) is 0. The molecular weight excluding hydrogens is 208 g/mol. The lowest BCUT2D eigenvalue weighted by Gasteiger charge is -2.06. The topological polar surface area (TPSA) is 17.1 Å². The summed E-state index contributed by atoms with van der Waals surface area (Å²) in [7, 11) is 0. The highest BCUT2D eigenvalue weighted by molar-refractivity contribution is 5.55. The van der Waals surface area contributed by atoms with Crippen molar-refractivity contribution in [3.63, 3.8) is 0 Å². The molecule has 0 radical (unpaired) electrons. The van der Waals surface area contributed by atoms with E-state index in [1.165, 1.54) is 11.1 Å². The SMILES string of the molecule is C#CCCc1cc(CC=O)cc(CCC#C)c1. The molecule has 1 nitrogen and oxygen atoms in total. The summed E-state index contributed by atoms with van der Waals surface area (Å²) in [6, 6.07) is 6.22. The number of carbonyl (C=O) groups is 1. The maximum atomic E-state index is 10.6. The fourth-order valence-corrected chi connectivity index (χ4v) is 1.78. The third-order valence-electron chi connectivity index (χ3n) is 2.55. The Morgan fingerprint density at radius 3 is 1.82 bits per heavy atom. The molecular formula is C16H16O. The molecule has 0 aromatic heterocycles. The van der Waals surface area contributed by atoms with E-state index >= 15 is 0 Å². The third kappa shape index (κ3) is 4.58. The van der Waals surface area contributed by atoms with Crippen LogP contribution < -0.4 is 0 Å². The highest BCUT2D eigenvalue weighted by Gasteiger charge is 2.01. The van der Waals surface area contributed by atoms with Crippen molar-refractivity contribution >= 4 is 6.29 Å². The van der Waals surface area contributed by atoms with Gasteiger partial charge in [0.25, 0.3) is 0 Å². The summed E-state index contributed by atoms with van der Waals surface area (Å²) in [5, 5.41) is 0. The van der Waals surface area contributed by atoms with E-state index in [-0.39, 0.29) is 0 Å². The molecule has 1 aromatic rings. The summed E-state index contributed by atoms with van der Waals surface area (Å²) >= 11 is 0. The number of hydrogen-bond acceptors (Lipinski definition) is 1. The Bertz CT molecular complexity index is 421. The Hall–Kier alpha value is -1.99. The van der Waals surface area contributed by atoms with Gasteiger partial charge in [0.2, 0.25) is 0 Å². The lowest BCUT2D eigenvalue weighted by atomic mass is 9.98. The number of aldehydes is 1. The van der Waals surface area contributed by atoms with Crippen LogP contribution in [0, 0.1) is 24.7 Å². The van der Waals surface area contributed by atoms with Crippen molar-refractivity contribution in [1.82, 2.24) is 0 Å². The van der Waals surface area contributed by atoms with E-state index in [4.69, 9.17) is 12.8 Å². The van der Waals surface area contributed by atoms with E-state index in [1.807, 2.05) is 12.1 Å². The van der Waals surface area contributed by atoms with Gasteiger partial charge < -0.3 is 4.79 Å². The zero-order valence-electron chi connectivity index (χ0n) is 9.91. The number of aryl methyl sites for hydroxylation is 2. The predicted molar refractivity (Wildman–Crippen MR) is 70.5 cm³/mol. The monoisotopic (exact) mass is 224 g/mol. The minimum Gasteiger partial charge on any atom is -0.303 e. The molecule has 0 spiro atoms. The lowest BCUT2D eigenvalue weighted by molar-refractivity contribution is -0.107. The fourth-order valence-electron chi connectivity index (χ4n) is 1.78. The van der Waals surface area contributed by atoms with Crippen LogP contribution in [0.25, 0.3) is 0 Å². The number of terminal acetylenes is 2. The van der Waals surface area contributed by atoms with Gasteiger partial charge in [0.1, 0.15) is 6.29 Å². The van der Waals surface area contributed by atoms with Gasteiger partial charge in [0.15, 0.2) is 0 Å². The Kier molecular flexibility index (Phi) is 5.62. The lowest BCUT2D eigenvalue weighted by Crippen LogP contribution is -1.95. The molecule has 1 heteroatoms. The van der Waals surface area contributed by atoms with E-state index in [0.29, 0.717) is 6.42 Å². The molecule has 0 amide bonds. The normalized spacial score (nSPS) is 9.29. The van der Waals surface area contributed by atoms with E-state index in [0.717, 1.165) is 37.5 Å². The minimum atomic E-state index is 0.451. The van der Waals surface area contributed by atoms with Crippen LogP contribution in [-0.2, 0) is 24.1 Å². The molecule has 1 aromatic carbocycles. The van der Waals surface area contributed by atoms with Gasteiger partial charge in [-0.05, 0) is 29.5 Å². The van der Waals surface area contributed by atoms with Crippen LogP contribution in [0.15, 0.2) is 18.2 Å². The maximum Gasteiger partial charge on any atom is 0.124 e. The van der Waals surface area contributed by atoms with Crippen LogP contribution >= 0.6 is 0 Å². The quantitative estimate of drug-likeness (QED) is 0.536. The summed E-state index contributed by atoms with van der Waals surface area (Å²) in [4.78, 5) is 10.6. The van der Waals surface area contributed by atoms with Crippen molar-refractivity contribution in [3.05, 3.63) is 34.9 Å². The van der Waals surface area contributed by atoms with E-state index in [2.05, 4.69) is 17.9 Å². The summed E-state index contributed by atoms with van der Waals surface area (Å²) in [6.07, 6.45) is 15.0. The van der Waals surface area contributed by atoms with Crippen molar-refractivity contribution in [2.75, 3.05) is 0 Å². The van der Waals surface area contributed by atoms with Gasteiger partial charge in [-0.3, -0.25) is 0 Å². The maximum absolute atomic E-state index is 10.6. The molecule has 0 saturated carbocycles. The molecule has 0 bridgehead atoms. The van der Waals surface area contributed by atoms with Crippen molar-refractivity contribution in [2.45, 2.75) is 32.1 Å². The average Bonchev–Trinajstić information content (AvgIpc) is 2.34. The number of benzene rings is 1. The Labute approximate surface area is 103 Å². The van der Waals surface area contributed by atoms with Crippen LogP contribution in [0.2, 0.25) is 0 Å². The summed E-state index contributed by atoms with van der Waals surface area (Å²) in [5.74, 6) is 5.26. The van der Waals surface area contributed by atoms with Gasteiger partial charge in [-0.25, -0.2) is 0 Å². The molecule has 86 valence electrons. The van der Waals surface area contributed by atoms with Crippen LogP contribution in [0.3, 0.4) is 0 Å². The molecule has 0 unspecified atom stereocenters. The molecule has 0 aliphatic heterocycles. The van der Waals surface area contributed by atoms with Crippen molar-refractivity contribution in [2.24, 2.45) is 0 Å². The van der Waals surface area contributed by atoms with Gasteiger partial charge in [0.05, 0.1) is 0 Å². The highest BCUT2D eigenvalue weighted by atomic mass is 16.1. The van der Waals surface area contributed by atoms with Crippen molar-refractivity contribution < 1.29 is 4.79 Å². The Morgan fingerprint density at radius 1 is 0.941 bits per heavy atom. The number of carbonyl (C=O) groups excluding carboxylic acids is 1. The zero-order chi connectivity index (χ0) is 12.5. The first-order valence-electron chi connectivity index (χ1n) is 5.72. The zero-order valence-corrected chi connectivity index (χ0v) is 9.91. The van der Waals surface area contributed by atoms with E-state index in [9.17, 15) is 4.79 Å². The summed E-state index contributed by atoms with van der Waals surface area (Å²) < 4.78 is 0. The Morgan fingerprint density at radius 2 is 1.41 bits per heavy atom. The molecule has 1 rings (SSSR count). The van der Waals surface area contributed by atoms with Gasteiger partial charge in [0, 0.05) is 19.3 Å². The Balaban J connectivity index is 2.89. The van der Waals surface area contributed by atoms with Gasteiger partial charge in [-0.2, -0.15) is 0 Å². The second-order valence-electron chi connectivity index (χ2n) is 3.94. The molecule has 0 saturated heterocycles. The molecule has 0 aliphatic carbocycles. The average molecular weight is 224 g/mol. The van der Waals surface area contributed by atoms with Crippen LogP contribution in [-0.4, -0.2) is 6.29 Å². The standard InChI is InChI=1S/C16H16O/c1-3-5-7-14-11-15(8-6-4-2)13-16(12-14)9-10-17/h1-2,10-13H,5-9H2. The van der Waals surface area contributed by atoms with Gasteiger partial charge in [-0.15, -0.1) is 24.7 Å². The molecule has 0 fully saturated rings. The van der Waals surface area contributed by atoms with Crippen LogP contribution in [0.1, 0.15) is 29.5 Å². The molecule has 0 heterocycles. The first-order valence-corrected chi connectivity index (χ1v) is 5.72. The molecule has 17 heavy (non-hydrogen) atoms. The van der Waals surface area contributed by atoms with Gasteiger partial charge >= 0.3 is 0 Å². The number of rotatable bonds is 6. The second-order valence-corrected chi connectivity index (χ2v) is 3.94. The molecule has 0 aliphatic rings. The largest absolute Gasteiger partial charge is 0.303 e. The molecule has 0 N–H and O–H groups in total. The smallest absolute Gasteiger partial charge is 0.124 e. The predicted octanol–water partition coefficient (Wildman–Crippen LogP) is 2.56. The highest BCUT2D eigenvalue weighted by Crippen LogP contribution is 2.14. The van der Waals surface area contributed by atoms with E-state index < -0.39 is 0 Å². The van der Waals surface area contributed by atoms with Crippen LogP contribution in [0.5, 0.6) is 0 Å². The first-order chi connectivity index (χ1) is 8.30. The first kappa shape index (κ1) is 13.1. The minimum absolute atomic E-state index is 0.451. The summed E-state index contributed by atoms with van der Waals surface area (Å²) in [5.41, 5.74) is 3.42. The van der Waals surface area contributed by atoms with E-state index in [1.54, 1.807) is 0 Å². The number of hydrogen-bond donors (Lipinski definition) is 0. The van der Waals surface area contributed by atoms with Gasteiger partial charge in [-0.1, -0.05) is 18.2 Å². The third-order valence-corrected chi connectivity index (χ3v) is 2.55. The second kappa shape index (κ2) is 7.31. The molecule has 0 atom stereocenters. The van der Waals surface area contributed by atoms with Crippen molar-refractivity contribution in [3.8, 4) is 24.7 Å². The van der Waals surface area contributed by atoms with Crippen LogP contribution in [0.4, 0.5) is 0 Å².